The smallest absolute Gasteiger partial charge is 0.128 e. The summed E-state index contributed by atoms with van der Waals surface area (Å²) in [6.07, 6.45) is 4.44. The zero-order valence-electron chi connectivity index (χ0n) is 11.5. The first kappa shape index (κ1) is 12.8. The molecule has 1 fully saturated rings. The van der Waals surface area contributed by atoms with Gasteiger partial charge in [0.25, 0.3) is 0 Å². The normalized spacial score (nSPS) is 14.5. The van der Waals surface area contributed by atoms with E-state index in [0.717, 1.165) is 42.4 Å². The van der Waals surface area contributed by atoms with Crippen LogP contribution in [0.1, 0.15) is 18.4 Å². The van der Waals surface area contributed by atoms with Crippen molar-refractivity contribution in [3.05, 3.63) is 48.2 Å². The van der Waals surface area contributed by atoms with Crippen LogP contribution < -0.4 is 16.0 Å². The molecule has 1 aromatic carbocycles. The summed E-state index contributed by atoms with van der Waals surface area (Å²) in [4.78, 5) is 6.86. The van der Waals surface area contributed by atoms with E-state index in [9.17, 15) is 0 Å². The number of nitrogens with zero attached hydrogens (tertiary/aromatic N) is 2. The molecule has 0 amide bonds. The first-order chi connectivity index (χ1) is 9.83. The van der Waals surface area contributed by atoms with E-state index in [0.29, 0.717) is 0 Å². The highest BCUT2D eigenvalue weighted by Gasteiger charge is 2.12. The maximum absolute atomic E-state index is 5.93. The molecule has 0 aliphatic carbocycles. The van der Waals surface area contributed by atoms with Crippen LogP contribution in [0.15, 0.2) is 42.6 Å². The van der Waals surface area contributed by atoms with Crippen molar-refractivity contribution in [1.29, 1.82) is 0 Å². The minimum absolute atomic E-state index is 0.720. The van der Waals surface area contributed by atoms with E-state index in [1.54, 1.807) is 0 Å². The van der Waals surface area contributed by atoms with Crippen LogP contribution in [-0.4, -0.2) is 18.1 Å². The zero-order valence-corrected chi connectivity index (χ0v) is 11.5. The Balaban J connectivity index is 1.62. The van der Waals surface area contributed by atoms with Crippen molar-refractivity contribution in [2.24, 2.45) is 0 Å². The number of aromatic nitrogens is 1. The second kappa shape index (κ2) is 5.82. The van der Waals surface area contributed by atoms with Gasteiger partial charge in [-0.25, -0.2) is 4.98 Å². The fourth-order valence-corrected chi connectivity index (χ4v) is 2.52. The van der Waals surface area contributed by atoms with Crippen molar-refractivity contribution in [2.45, 2.75) is 19.4 Å². The van der Waals surface area contributed by atoms with Gasteiger partial charge in [0.15, 0.2) is 0 Å². The lowest BCUT2D eigenvalue weighted by molar-refractivity contribution is 0.937. The Hall–Kier alpha value is -2.23. The number of hydrogen-bond acceptors (Lipinski definition) is 4. The largest absolute Gasteiger partial charge is 0.398 e. The number of nitrogens with two attached hydrogens (primary N) is 1. The highest BCUT2D eigenvalue weighted by molar-refractivity contribution is 5.52. The van der Waals surface area contributed by atoms with Gasteiger partial charge >= 0.3 is 0 Å². The molecule has 20 heavy (non-hydrogen) atoms. The molecular formula is C16H20N4. The highest BCUT2D eigenvalue weighted by atomic mass is 15.2. The average molecular weight is 268 g/mol. The number of hydrogen-bond donors (Lipinski definition) is 2. The van der Waals surface area contributed by atoms with Crippen LogP contribution in [0.25, 0.3) is 0 Å². The topological polar surface area (TPSA) is 54.2 Å². The summed E-state index contributed by atoms with van der Waals surface area (Å²) in [5.74, 6) is 1.08. The fraction of sp³-hybridized carbons (Fsp3) is 0.312. The maximum atomic E-state index is 5.93. The summed E-state index contributed by atoms with van der Waals surface area (Å²) in [5, 5.41) is 3.36. The number of nitrogens with one attached hydrogen (secondary N) is 1. The second-order valence-corrected chi connectivity index (χ2v) is 5.15. The molecule has 3 rings (SSSR count). The monoisotopic (exact) mass is 268 g/mol. The van der Waals surface area contributed by atoms with Crippen molar-refractivity contribution in [2.75, 3.05) is 29.0 Å². The van der Waals surface area contributed by atoms with Gasteiger partial charge in [-0.2, -0.15) is 0 Å². The highest BCUT2D eigenvalue weighted by Crippen LogP contribution is 2.20. The Labute approximate surface area is 119 Å². The van der Waals surface area contributed by atoms with Crippen LogP contribution in [0, 0.1) is 0 Å². The number of para-hydroxylation sites is 1. The summed E-state index contributed by atoms with van der Waals surface area (Å²) in [7, 11) is 0. The van der Waals surface area contributed by atoms with Gasteiger partial charge in [-0.15, -0.1) is 0 Å². The van der Waals surface area contributed by atoms with Gasteiger partial charge in [0.1, 0.15) is 5.82 Å². The van der Waals surface area contributed by atoms with Crippen LogP contribution in [0.4, 0.5) is 17.2 Å². The Morgan fingerprint density at radius 2 is 1.90 bits per heavy atom. The van der Waals surface area contributed by atoms with Gasteiger partial charge < -0.3 is 16.0 Å². The predicted octanol–water partition coefficient (Wildman–Crippen LogP) is 2.88. The molecule has 2 aromatic rings. The SMILES string of the molecule is Nc1ccccc1CNc1ccc(N2CCCC2)nc1. The molecule has 0 spiro atoms. The molecule has 1 aliphatic heterocycles. The van der Waals surface area contributed by atoms with Crippen molar-refractivity contribution in [1.82, 2.24) is 4.98 Å². The van der Waals surface area contributed by atoms with Crippen LogP contribution >= 0.6 is 0 Å². The van der Waals surface area contributed by atoms with E-state index in [2.05, 4.69) is 27.3 Å². The first-order valence-corrected chi connectivity index (χ1v) is 7.11. The number of anilines is 3. The van der Waals surface area contributed by atoms with Crippen LogP contribution in [0.5, 0.6) is 0 Å². The lowest BCUT2D eigenvalue weighted by atomic mass is 10.2. The number of nitrogen functional groups attached to an aromatic ring is 1. The van der Waals surface area contributed by atoms with Crippen LogP contribution in [0.3, 0.4) is 0 Å². The maximum Gasteiger partial charge on any atom is 0.128 e. The second-order valence-electron chi connectivity index (χ2n) is 5.15. The third-order valence-corrected chi connectivity index (χ3v) is 3.72. The number of rotatable bonds is 4. The summed E-state index contributed by atoms with van der Waals surface area (Å²) < 4.78 is 0. The minimum atomic E-state index is 0.720. The number of benzene rings is 1. The lowest BCUT2D eigenvalue weighted by Crippen LogP contribution is -2.18. The Morgan fingerprint density at radius 1 is 1.10 bits per heavy atom. The van der Waals surface area contributed by atoms with Gasteiger partial charge in [0.05, 0.1) is 11.9 Å². The molecule has 2 heterocycles. The predicted molar refractivity (Wildman–Crippen MR) is 83.9 cm³/mol. The van der Waals surface area contributed by atoms with Gasteiger partial charge in [-0.05, 0) is 36.6 Å². The summed E-state index contributed by atoms with van der Waals surface area (Å²) in [5.41, 5.74) is 8.88. The molecule has 3 N–H and O–H groups in total. The fourth-order valence-electron chi connectivity index (χ4n) is 2.52. The average Bonchev–Trinajstić information content (AvgIpc) is 3.01. The van der Waals surface area contributed by atoms with E-state index < -0.39 is 0 Å². The summed E-state index contributed by atoms with van der Waals surface area (Å²) >= 11 is 0. The molecule has 1 aliphatic rings. The standard InChI is InChI=1S/C16H20N4/c17-15-6-2-1-5-13(15)11-18-14-7-8-16(19-12-14)20-9-3-4-10-20/h1-2,5-8,12,18H,3-4,9-11,17H2. The van der Waals surface area contributed by atoms with Gasteiger partial charge in [-0.3, -0.25) is 0 Å². The molecule has 0 atom stereocenters. The quantitative estimate of drug-likeness (QED) is 0.837. The molecule has 1 aromatic heterocycles. The van der Waals surface area contributed by atoms with Crippen LogP contribution in [0.2, 0.25) is 0 Å². The van der Waals surface area contributed by atoms with E-state index in [1.165, 1.54) is 12.8 Å². The molecule has 4 nitrogen and oxygen atoms in total. The number of pyridine rings is 1. The summed E-state index contributed by atoms with van der Waals surface area (Å²) in [6.45, 7) is 2.97. The van der Waals surface area contributed by atoms with Gasteiger partial charge in [0, 0.05) is 25.3 Å². The molecule has 4 heteroatoms. The summed E-state index contributed by atoms with van der Waals surface area (Å²) in [6, 6.07) is 12.1. The van der Waals surface area contributed by atoms with Gasteiger partial charge in [0.2, 0.25) is 0 Å². The molecule has 0 bridgehead atoms. The third-order valence-electron chi connectivity index (χ3n) is 3.72. The van der Waals surface area contributed by atoms with Crippen molar-refractivity contribution >= 4 is 17.2 Å². The minimum Gasteiger partial charge on any atom is -0.398 e. The molecule has 104 valence electrons. The lowest BCUT2D eigenvalue weighted by Gasteiger charge is -2.16. The Morgan fingerprint density at radius 3 is 2.60 bits per heavy atom. The Bertz CT molecular complexity index is 559. The van der Waals surface area contributed by atoms with Crippen LogP contribution in [-0.2, 0) is 6.54 Å². The molecule has 0 radical (unpaired) electrons. The van der Waals surface area contributed by atoms with Crippen molar-refractivity contribution in [3.8, 4) is 0 Å². The Kier molecular flexibility index (Phi) is 3.72. The van der Waals surface area contributed by atoms with E-state index in [-0.39, 0.29) is 0 Å². The van der Waals surface area contributed by atoms with Gasteiger partial charge in [-0.1, -0.05) is 18.2 Å². The first-order valence-electron chi connectivity index (χ1n) is 7.11. The van der Waals surface area contributed by atoms with E-state index >= 15 is 0 Å². The third kappa shape index (κ3) is 2.85. The molecule has 0 saturated carbocycles. The van der Waals surface area contributed by atoms with E-state index in [1.807, 2.05) is 30.5 Å². The van der Waals surface area contributed by atoms with E-state index in [4.69, 9.17) is 5.73 Å². The van der Waals surface area contributed by atoms with Crippen molar-refractivity contribution < 1.29 is 0 Å². The zero-order chi connectivity index (χ0) is 13.8. The molecule has 0 unspecified atom stereocenters. The molecule has 1 saturated heterocycles. The molecular weight excluding hydrogens is 248 g/mol. The van der Waals surface area contributed by atoms with Crippen molar-refractivity contribution in [3.63, 3.8) is 0 Å².